The summed E-state index contributed by atoms with van der Waals surface area (Å²) < 4.78 is 63.9. The normalized spacial score (nSPS) is 19.1. The van der Waals surface area contributed by atoms with E-state index in [0.29, 0.717) is 55.8 Å². The summed E-state index contributed by atoms with van der Waals surface area (Å²) in [7, 11) is -1.99. The zero-order valence-electron chi connectivity index (χ0n) is 19.4. The van der Waals surface area contributed by atoms with E-state index < -0.39 is 22.3 Å². The summed E-state index contributed by atoms with van der Waals surface area (Å²) in [6.45, 7) is 1.90. The largest absolute Gasteiger partial charge is 0.382 e. The van der Waals surface area contributed by atoms with E-state index in [9.17, 15) is 17.2 Å². The maximum Gasteiger partial charge on any atom is 0.279 e. The van der Waals surface area contributed by atoms with Crippen molar-refractivity contribution in [2.24, 2.45) is 5.92 Å². The Hall–Kier alpha value is -2.81. The van der Waals surface area contributed by atoms with Crippen LogP contribution in [0.15, 0.2) is 24.7 Å². The van der Waals surface area contributed by atoms with Crippen LogP contribution < -0.4 is 4.90 Å². The molecule has 3 rings (SSSR count). The van der Waals surface area contributed by atoms with Gasteiger partial charge in [0.05, 0.1) is 55.5 Å². The molecule has 2 aromatic heterocycles. The monoisotopic (exact) mass is 514 g/mol. The number of allylic oxidation sites excluding steroid dienone is 1. The predicted molar refractivity (Wildman–Crippen MR) is 125 cm³/mol. The molecule has 192 valence electrons. The molecule has 0 spiro atoms. The molecule has 0 saturated carbocycles. The van der Waals surface area contributed by atoms with Gasteiger partial charge in [-0.3, -0.25) is 9.59 Å². The van der Waals surface area contributed by atoms with Crippen molar-refractivity contribution in [1.29, 1.82) is 5.41 Å². The minimum Gasteiger partial charge on any atom is -0.382 e. The molecular formula is C21H28F2N6O5S. The van der Waals surface area contributed by atoms with Gasteiger partial charge in [-0.1, -0.05) is 0 Å². The number of halogens is 2. The Kier molecular flexibility index (Phi) is 9.37. The summed E-state index contributed by atoms with van der Waals surface area (Å²) in [5.74, 6) is 0.789. The van der Waals surface area contributed by atoms with Crippen LogP contribution in [0.2, 0.25) is 0 Å². The first-order valence-electron chi connectivity index (χ1n) is 10.8. The van der Waals surface area contributed by atoms with E-state index >= 15 is 0 Å². The summed E-state index contributed by atoms with van der Waals surface area (Å²) in [4.78, 5) is 17.7. The van der Waals surface area contributed by atoms with Gasteiger partial charge in [0, 0.05) is 32.2 Å². The van der Waals surface area contributed by atoms with Crippen molar-refractivity contribution in [2.45, 2.75) is 19.0 Å². The van der Waals surface area contributed by atoms with Crippen molar-refractivity contribution in [1.82, 2.24) is 19.9 Å². The summed E-state index contributed by atoms with van der Waals surface area (Å²) in [6, 6.07) is 1.74. The predicted octanol–water partition coefficient (Wildman–Crippen LogP) is 2.00. The molecule has 2 atom stereocenters. The van der Waals surface area contributed by atoms with Gasteiger partial charge >= 0.3 is 0 Å². The highest BCUT2D eigenvalue weighted by molar-refractivity contribution is 7.85. The first kappa shape index (κ1) is 26.8. The molecule has 0 bridgehead atoms. The minimum absolute atomic E-state index is 0.0290. The number of methoxy groups -OCH3 is 1. The quantitative estimate of drug-likeness (QED) is 0.247. The molecule has 1 fully saturated rings. The maximum absolute atomic E-state index is 12.5. The Balaban J connectivity index is 1.76. The number of H-pyrrole nitrogens is 1. The second kappa shape index (κ2) is 12.2. The minimum atomic E-state index is -3.58. The zero-order chi connectivity index (χ0) is 25.4. The molecule has 0 aliphatic carbocycles. The lowest BCUT2D eigenvalue weighted by Gasteiger charge is -2.38. The molecule has 14 heteroatoms. The number of nitrogens with one attached hydrogen (secondary N) is 2. The van der Waals surface area contributed by atoms with Gasteiger partial charge in [0.1, 0.15) is 18.0 Å². The number of imidazole rings is 1. The van der Waals surface area contributed by atoms with Gasteiger partial charge in [0.15, 0.2) is 0 Å². The standard InChI is InChI=1S/C21H28F2N6O5S/c1-32-5-6-33-15-7-14(12-34-35(2,30)31)10-29(11-15)20-8-17(26-13-27-20)18-9-25-19(28-18)4-3-16(24)21(22)23/h3-4,8-9,13-15,21,24H,5-7,10-12H2,1-2H3,(H,25,28)/b4-3-,24-16?. The summed E-state index contributed by atoms with van der Waals surface area (Å²) in [5.41, 5.74) is 0.255. The van der Waals surface area contributed by atoms with Crippen molar-refractivity contribution in [3.05, 3.63) is 30.5 Å². The fraction of sp³-hybridized carbons (Fsp3) is 0.524. The SMILES string of the molecule is COCCOC1CC(COS(C)(=O)=O)CN(c2cc(-c3cnc(/C=C\C(=N)C(F)F)[nH]3)ncn2)C1. The molecule has 2 N–H and O–H groups in total. The number of aromatic amines is 1. The highest BCUT2D eigenvalue weighted by Gasteiger charge is 2.30. The number of aromatic nitrogens is 4. The Morgan fingerprint density at radius 1 is 1.31 bits per heavy atom. The summed E-state index contributed by atoms with van der Waals surface area (Å²) in [5, 5.41) is 7.19. The number of hydrogen-bond donors (Lipinski definition) is 2. The van der Waals surface area contributed by atoms with Crippen LogP contribution in [0, 0.1) is 11.3 Å². The number of anilines is 1. The molecule has 0 amide bonds. The zero-order valence-corrected chi connectivity index (χ0v) is 20.2. The second-order valence-corrected chi connectivity index (χ2v) is 9.66. The number of rotatable bonds is 12. The van der Waals surface area contributed by atoms with Crippen LogP contribution in [0.4, 0.5) is 14.6 Å². The smallest absolute Gasteiger partial charge is 0.279 e. The van der Waals surface area contributed by atoms with Gasteiger partial charge in [0.2, 0.25) is 0 Å². The van der Waals surface area contributed by atoms with Crippen LogP contribution in [0.3, 0.4) is 0 Å². The highest BCUT2D eigenvalue weighted by Crippen LogP contribution is 2.26. The van der Waals surface area contributed by atoms with Crippen LogP contribution in [-0.4, -0.2) is 92.9 Å². The van der Waals surface area contributed by atoms with Crippen LogP contribution in [0.5, 0.6) is 0 Å². The van der Waals surface area contributed by atoms with Crippen molar-refractivity contribution in [3.8, 4) is 11.4 Å². The summed E-state index contributed by atoms with van der Waals surface area (Å²) >= 11 is 0. The van der Waals surface area contributed by atoms with E-state index in [1.165, 1.54) is 18.6 Å². The maximum atomic E-state index is 12.5. The van der Waals surface area contributed by atoms with Crippen LogP contribution in [-0.2, 0) is 23.8 Å². The van der Waals surface area contributed by atoms with Gasteiger partial charge in [-0.2, -0.15) is 8.42 Å². The Morgan fingerprint density at radius 3 is 2.83 bits per heavy atom. The van der Waals surface area contributed by atoms with Gasteiger partial charge in [-0.15, -0.1) is 0 Å². The molecule has 35 heavy (non-hydrogen) atoms. The van der Waals surface area contributed by atoms with E-state index in [1.54, 1.807) is 13.2 Å². The lowest BCUT2D eigenvalue weighted by Crippen LogP contribution is -2.46. The average molecular weight is 515 g/mol. The molecule has 2 unspecified atom stereocenters. The first-order chi connectivity index (χ1) is 16.6. The van der Waals surface area contributed by atoms with Gasteiger partial charge in [-0.05, 0) is 18.6 Å². The highest BCUT2D eigenvalue weighted by atomic mass is 32.2. The van der Waals surface area contributed by atoms with Crippen LogP contribution in [0.1, 0.15) is 12.2 Å². The third kappa shape index (κ3) is 8.42. The van der Waals surface area contributed by atoms with Gasteiger partial charge in [-0.25, -0.2) is 23.7 Å². The first-order valence-corrected chi connectivity index (χ1v) is 12.6. The van der Waals surface area contributed by atoms with Gasteiger partial charge in [0.25, 0.3) is 16.5 Å². The van der Waals surface area contributed by atoms with Crippen LogP contribution in [0.25, 0.3) is 17.5 Å². The average Bonchev–Trinajstić information content (AvgIpc) is 3.30. The number of piperidine rings is 1. The van der Waals surface area contributed by atoms with Gasteiger partial charge < -0.3 is 19.4 Å². The number of ether oxygens (including phenoxy) is 2. The van der Waals surface area contributed by atoms with E-state index in [2.05, 4.69) is 19.9 Å². The molecule has 0 radical (unpaired) electrons. The van der Waals surface area contributed by atoms with Crippen molar-refractivity contribution in [2.75, 3.05) is 51.2 Å². The van der Waals surface area contributed by atoms with Crippen LogP contribution >= 0.6 is 0 Å². The van der Waals surface area contributed by atoms with E-state index in [4.69, 9.17) is 19.1 Å². The molecule has 3 heterocycles. The molecule has 0 aromatic carbocycles. The third-order valence-electron chi connectivity index (χ3n) is 5.16. The molecule has 11 nitrogen and oxygen atoms in total. The Labute approximate surface area is 202 Å². The van der Waals surface area contributed by atoms with E-state index in [0.717, 1.165) is 12.3 Å². The molecule has 1 aliphatic rings. The van der Waals surface area contributed by atoms with E-state index in [-0.39, 0.29) is 18.6 Å². The third-order valence-corrected chi connectivity index (χ3v) is 5.73. The molecule has 1 saturated heterocycles. The lowest BCUT2D eigenvalue weighted by atomic mass is 9.96. The summed E-state index contributed by atoms with van der Waals surface area (Å²) in [6.07, 6.45) is 3.77. The Morgan fingerprint density at radius 2 is 2.11 bits per heavy atom. The molecule has 1 aliphatic heterocycles. The topological polar surface area (TPSA) is 143 Å². The lowest BCUT2D eigenvalue weighted by molar-refractivity contribution is -0.00255. The fourth-order valence-electron chi connectivity index (χ4n) is 3.56. The number of alkyl halides is 2. The number of hydrogen-bond acceptors (Lipinski definition) is 10. The van der Waals surface area contributed by atoms with Crippen molar-refractivity contribution >= 4 is 27.7 Å². The molecule has 2 aromatic rings. The second-order valence-electron chi connectivity index (χ2n) is 8.01. The van der Waals surface area contributed by atoms with Crippen molar-refractivity contribution < 1.29 is 30.9 Å². The van der Waals surface area contributed by atoms with Crippen molar-refractivity contribution in [3.63, 3.8) is 0 Å². The fourth-order valence-corrected chi connectivity index (χ4v) is 4.00. The van der Waals surface area contributed by atoms with E-state index in [1.807, 2.05) is 4.90 Å². The number of nitrogens with zero attached hydrogens (tertiary/aromatic N) is 4. The Bertz CT molecular complexity index is 1130. The molecular weight excluding hydrogens is 486 g/mol.